The van der Waals surface area contributed by atoms with E-state index in [0.717, 1.165) is 16.9 Å². The van der Waals surface area contributed by atoms with E-state index in [1.54, 1.807) is 18.3 Å². The van der Waals surface area contributed by atoms with Gasteiger partial charge in [0.2, 0.25) is 0 Å². The normalized spacial score (nSPS) is 12.7. The number of pyridine rings is 1. The summed E-state index contributed by atoms with van der Waals surface area (Å²) in [5.41, 5.74) is 2.39. The van der Waals surface area contributed by atoms with Crippen LogP contribution in [0.25, 0.3) is 10.2 Å². The van der Waals surface area contributed by atoms with Gasteiger partial charge in [0.1, 0.15) is 21.2 Å². The van der Waals surface area contributed by atoms with Crippen LogP contribution in [0, 0.1) is 6.92 Å². The molecule has 2 N–H and O–H groups in total. The lowest BCUT2D eigenvalue weighted by Crippen LogP contribution is -2.34. The van der Waals surface area contributed by atoms with Gasteiger partial charge < -0.3 is 15.2 Å². The number of ether oxygens (including phenoxy) is 1. The minimum Gasteiger partial charge on any atom is -0.477 e. The molecule has 0 saturated carbocycles. The number of urea groups is 1. The summed E-state index contributed by atoms with van der Waals surface area (Å²) >= 11 is 1.04. The van der Waals surface area contributed by atoms with Gasteiger partial charge in [-0.1, -0.05) is 24.3 Å². The number of para-hydroxylation sites is 1. The summed E-state index contributed by atoms with van der Waals surface area (Å²) in [5, 5.41) is 12.9. The van der Waals surface area contributed by atoms with E-state index in [2.05, 4.69) is 10.3 Å². The highest BCUT2D eigenvalue weighted by Crippen LogP contribution is 2.46. The second kappa shape index (κ2) is 6.85. The van der Waals surface area contributed by atoms with Crippen molar-refractivity contribution in [3.63, 3.8) is 0 Å². The number of carboxylic acids is 1. The maximum absolute atomic E-state index is 13.1. The lowest BCUT2D eigenvalue weighted by Gasteiger charge is -2.29. The molecule has 0 saturated heterocycles. The van der Waals surface area contributed by atoms with Gasteiger partial charge in [0.05, 0.1) is 22.4 Å². The fourth-order valence-corrected chi connectivity index (χ4v) is 4.45. The van der Waals surface area contributed by atoms with Crippen molar-refractivity contribution in [3.8, 4) is 11.5 Å². The Bertz CT molecular complexity index is 1320. The van der Waals surface area contributed by atoms with Crippen molar-refractivity contribution in [2.24, 2.45) is 0 Å². The maximum atomic E-state index is 13.1. The zero-order valence-electron chi connectivity index (χ0n) is 15.7. The summed E-state index contributed by atoms with van der Waals surface area (Å²) in [4.78, 5) is 31.1. The first kappa shape index (κ1) is 18.1. The molecule has 2 amide bonds. The number of carbonyl (C=O) groups excluding carboxylic acids is 1. The summed E-state index contributed by atoms with van der Waals surface area (Å²) in [5.74, 6) is 0.178. The van der Waals surface area contributed by atoms with E-state index < -0.39 is 12.0 Å². The molecule has 7 nitrogen and oxygen atoms in total. The number of aromatic nitrogens is 1. The lowest BCUT2D eigenvalue weighted by atomic mass is 10.1. The van der Waals surface area contributed by atoms with Crippen LogP contribution in [0.15, 0.2) is 60.8 Å². The topological polar surface area (TPSA) is 91.8 Å². The SMILES string of the molecule is Cc1ccc(Oc2ccccc2)cc1N1C(=O)Nc2c(C(=O)O)sc3nccc1c23. The molecule has 0 unspecified atom stereocenters. The average molecular weight is 417 g/mol. The Hall–Kier alpha value is -3.91. The number of thiophene rings is 1. The molecule has 1 aliphatic rings. The van der Waals surface area contributed by atoms with E-state index >= 15 is 0 Å². The lowest BCUT2D eigenvalue weighted by molar-refractivity contribution is 0.0703. The molecule has 0 spiro atoms. The molecule has 148 valence electrons. The molecule has 5 rings (SSSR count). The quantitative estimate of drug-likeness (QED) is 0.439. The van der Waals surface area contributed by atoms with Gasteiger partial charge in [-0.3, -0.25) is 4.90 Å². The number of anilines is 3. The predicted octanol–water partition coefficient (Wildman–Crippen LogP) is 5.78. The Kier molecular flexibility index (Phi) is 4.14. The number of nitrogens with one attached hydrogen (secondary N) is 1. The van der Waals surface area contributed by atoms with Gasteiger partial charge in [0.25, 0.3) is 0 Å². The van der Waals surface area contributed by atoms with Crippen molar-refractivity contribution in [1.82, 2.24) is 4.98 Å². The van der Waals surface area contributed by atoms with Crippen LogP contribution in [-0.2, 0) is 0 Å². The van der Waals surface area contributed by atoms with Crippen molar-refractivity contribution >= 4 is 50.6 Å². The van der Waals surface area contributed by atoms with E-state index in [0.29, 0.717) is 38.8 Å². The van der Waals surface area contributed by atoms with Gasteiger partial charge in [0.15, 0.2) is 0 Å². The first-order valence-electron chi connectivity index (χ1n) is 9.12. The number of aromatic carboxylic acids is 1. The number of hydrogen-bond donors (Lipinski definition) is 2. The van der Waals surface area contributed by atoms with Crippen LogP contribution >= 0.6 is 11.3 Å². The van der Waals surface area contributed by atoms with Crippen molar-refractivity contribution in [3.05, 3.63) is 71.2 Å². The highest BCUT2D eigenvalue weighted by Gasteiger charge is 2.33. The highest BCUT2D eigenvalue weighted by atomic mass is 32.1. The molecule has 0 bridgehead atoms. The van der Waals surface area contributed by atoms with Crippen LogP contribution in [0.1, 0.15) is 15.2 Å². The van der Waals surface area contributed by atoms with Crippen molar-refractivity contribution in [2.75, 3.05) is 10.2 Å². The van der Waals surface area contributed by atoms with Crippen LogP contribution in [0.2, 0.25) is 0 Å². The van der Waals surface area contributed by atoms with Gasteiger partial charge >= 0.3 is 12.0 Å². The van der Waals surface area contributed by atoms with Crippen LogP contribution in [0.3, 0.4) is 0 Å². The zero-order chi connectivity index (χ0) is 20.8. The number of aryl methyl sites for hydroxylation is 1. The Morgan fingerprint density at radius 2 is 1.90 bits per heavy atom. The van der Waals surface area contributed by atoms with Gasteiger partial charge in [-0.05, 0) is 36.8 Å². The molecule has 3 heterocycles. The van der Waals surface area contributed by atoms with Crippen LogP contribution < -0.4 is 15.0 Å². The Balaban J connectivity index is 1.65. The molecule has 2 aromatic heterocycles. The largest absolute Gasteiger partial charge is 0.477 e. The Morgan fingerprint density at radius 3 is 2.67 bits per heavy atom. The average Bonchev–Trinajstić information content (AvgIpc) is 3.11. The first-order chi connectivity index (χ1) is 14.5. The third-order valence-electron chi connectivity index (χ3n) is 4.84. The summed E-state index contributed by atoms with van der Waals surface area (Å²) < 4.78 is 5.93. The van der Waals surface area contributed by atoms with Crippen molar-refractivity contribution in [2.45, 2.75) is 6.92 Å². The van der Waals surface area contributed by atoms with Crippen LogP contribution in [-0.4, -0.2) is 22.1 Å². The number of benzene rings is 2. The molecular formula is C22H15N3O4S. The molecular weight excluding hydrogens is 402 g/mol. The fraction of sp³-hybridized carbons (Fsp3) is 0.0455. The summed E-state index contributed by atoms with van der Waals surface area (Å²) in [6.45, 7) is 1.90. The molecule has 1 aliphatic heterocycles. The molecule has 30 heavy (non-hydrogen) atoms. The number of carbonyl (C=O) groups is 2. The summed E-state index contributed by atoms with van der Waals surface area (Å²) in [6, 6.07) is 16.2. The van der Waals surface area contributed by atoms with E-state index in [1.165, 1.54) is 4.90 Å². The molecule has 0 fully saturated rings. The Morgan fingerprint density at radius 1 is 1.10 bits per heavy atom. The first-order valence-corrected chi connectivity index (χ1v) is 9.94. The highest BCUT2D eigenvalue weighted by molar-refractivity contribution is 7.21. The van der Waals surface area contributed by atoms with E-state index in [-0.39, 0.29) is 4.88 Å². The molecule has 8 heteroatoms. The number of hydrogen-bond acceptors (Lipinski definition) is 5. The number of carboxylic acid groups (broad SMARTS) is 1. The van der Waals surface area contributed by atoms with Crippen LogP contribution in [0.5, 0.6) is 11.5 Å². The zero-order valence-corrected chi connectivity index (χ0v) is 16.6. The van der Waals surface area contributed by atoms with Crippen LogP contribution in [0.4, 0.5) is 21.9 Å². The molecule has 4 aromatic rings. The molecule has 0 atom stereocenters. The van der Waals surface area contributed by atoms with Gasteiger partial charge in [-0.25, -0.2) is 14.6 Å². The number of amides is 2. The second-order valence-corrected chi connectivity index (χ2v) is 7.75. The Labute approximate surface area is 175 Å². The standard InChI is InChI=1S/C22H15N3O4S/c1-12-7-8-14(29-13-5-3-2-4-6-13)11-16(12)25-15-9-10-23-20-17(15)18(24-22(25)28)19(30-20)21(26)27/h2-11H,1H3,(H,24,28)(H,26,27). The van der Waals surface area contributed by atoms with Gasteiger partial charge in [0, 0.05) is 12.3 Å². The second-order valence-electron chi connectivity index (χ2n) is 6.75. The monoisotopic (exact) mass is 417 g/mol. The van der Waals surface area contributed by atoms with Crippen molar-refractivity contribution < 1.29 is 19.4 Å². The predicted molar refractivity (Wildman–Crippen MR) is 115 cm³/mol. The summed E-state index contributed by atoms with van der Waals surface area (Å²) in [7, 11) is 0. The molecule has 0 aliphatic carbocycles. The molecule has 2 aromatic carbocycles. The third-order valence-corrected chi connectivity index (χ3v) is 5.93. The maximum Gasteiger partial charge on any atom is 0.348 e. The summed E-state index contributed by atoms with van der Waals surface area (Å²) in [6.07, 6.45) is 1.58. The minimum absolute atomic E-state index is 0.0656. The number of nitrogens with zero attached hydrogens (tertiary/aromatic N) is 2. The van der Waals surface area contributed by atoms with Gasteiger partial charge in [-0.2, -0.15) is 0 Å². The third kappa shape index (κ3) is 2.85. The van der Waals surface area contributed by atoms with E-state index in [4.69, 9.17) is 4.74 Å². The smallest absolute Gasteiger partial charge is 0.348 e. The van der Waals surface area contributed by atoms with Crippen molar-refractivity contribution in [1.29, 1.82) is 0 Å². The van der Waals surface area contributed by atoms with Gasteiger partial charge in [-0.15, -0.1) is 11.3 Å². The number of rotatable bonds is 4. The van der Waals surface area contributed by atoms with E-state index in [9.17, 15) is 14.7 Å². The minimum atomic E-state index is -1.10. The molecule has 0 radical (unpaired) electrons. The fourth-order valence-electron chi connectivity index (χ4n) is 3.49. The van der Waals surface area contributed by atoms with E-state index in [1.807, 2.05) is 49.4 Å².